The Kier molecular flexibility index (Phi) is 6.24. The zero-order chi connectivity index (χ0) is 16.8. The molecule has 0 saturated carbocycles. The van der Waals surface area contributed by atoms with E-state index >= 15 is 0 Å². The molecule has 0 aliphatic heterocycles. The van der Waals surface area contributed by atoms with Crippen molar-refractivity contribution < 1.29 is 9.53 Å². The molecule has 7 heteroatoms. The summed E-state index contributed by atoms with van der Waals surface area (Å²) < 4.78 is 5.41. The first kappa shape index (κ1) is 17.6. The van der Waals surface area contributed by atoms with Crippen molar-refractivity contribution in [1.29, 1.82) is 0 Å². The first-order chi connectivity index (χ1) is 11.0. The summed E-state index contributed by atoms with van der Waals surface area (Å²) in [5.74, 6) is 0.479. The second-order valence-corrected chi connectivity index (χ2v) is 5.93. The standard InChI is InChI=1S/C16H18ClN3O2S/c1-4-22-12-7-5-11(6-8-12)10(2)19-15(21)14-13(17)9-18-16(20-14)23-3/h5-10H,4H2,1-3H3,(H,19,21). The fourth-order valence-corrected chi connectivity index (χ4v) is 2.49. The molecule has 1 N–H and O–H groups in total. The summed E-state index contributed by atoms with van der Waals surface area (Å²) in [6, 6.07) is 7.42. The second-order valence-electron chi connectivity index (χ2n) is 4.75. The van der Waals surface area contributed by atoms with Gasteiger partial charge in [0.05, 0.1) is 23.9 Å². The van der Waals surface area contributed by atoms with Crippen LogP contribution in [-0.4, -0.2) is 28.7 Å². The number of halogens is 1. The van der Waals surface area contributed by atoms with Crippen LogP contribution in [0.3, 0.4) is 0 Å². The number of carbonyl (C=O) groups is 1. The number of hydrogen-bond acceptors (Lipinski definition) is 5. The van der Waals surface area contributed by atoms with Gasteiger partial charge in [-0.15, -0.1) is 0 Å². The van der Waals surface area contributed by atoms with Gasteiger partial charge in [0.15, 0.2) is 10.9 Å². The average molecular weight is 352 g/mol. The van der Waals surface area contributed by atoms with E-state index in [2.05, 4.69) is 15.3 Å². The number of nitrogens with one attached hydrogen (secondary N) is 1. The zero-order valence-corrected chi connectivity index (χ0v) is 14.7. The van der Waals surface area contributed by atoms with Crippen molar-refractivity contribution in [3.05, 3.63) is 46.7 Å². The molecule has 0 aliphatic carbocycles. The summed E-state index contributed by atoms with van der Waals surface area (Å²) in [4.78, 5) is 20.6. The van der Waals surface area contributed by atoms with Crippen molar-refractivity contribution in [3.63, 3.8) is 0 Å². The van der Waals surface area contributed by atoms with Gasteiger partial charge in [-0.05, 0) is 37.8 Å². The van der Waals surface area contributed by atoms with E-state index in [0.29, 0.717) is 11.8 Å². The largest absolute Gasteiger partial charge is 0.494 e. The molecule has 0 fully saturated rings. The molecule has 1 amide bonds. The average Bonchev–Trinajstić information content (AvgIpc) is 2.56. The molecule has 0 bridgehead atoms. The lowest BCUT2D eigenvalue weighted by Gasteiger charge is -2.15. The quantitative estimate of drug-likeness (QED) is 0.634. The molecule has 1 aromatic carbocycles. The van der Waals surface area contributed by atoms with Crippen molar-refractivity contribution in [1.82, 2.24) is 15.3 Å². The summed E-state index contributed by atoms with van der Waals surface area (Å²) in [7, 11) is 0. The fourth-order valence-electron chi connectivity index (χ4n) is 1.98. The number of hydrogen-bond donors (Lipinski definition) is 1. The smallest absolute Gasteiger partial charge is 0.272 e. The number of carbonyl (C=O) groups excluding carboxylic acids is 1. The van der Waals surface area contributed by atoms with Crippen LogP contribution in [0.15, 0.2) is 35.6 Å². The number of rotatable bonds is 6. The van der Waals surface area contributed by atoms with Crippen LogP contribution in [0.4, 0.5) is 0 Å². The van der Waals surface area contributed by atoms with Crippen molar-refractivity contribution in [3.8, 4) is 5.75 Å². The maximum absolute atomic E-state index is 12.4. The van der Waals surface area contributed by atoms with Crippen molar-refractivity contribution in [2.45, 2.75) is 25.0 Å². The van der Waals surface area contributed by atoms with Crippen molar-refractivity contribution in [2.75, 3.05) is 12.9 Å². The number of amides is 1. The molecule has 1 atom stereocenters. The van der Waals surface area contributed by atoms with E-state index < -0.39 is 0 Å². The Morgan fingerprint density at radius 1 is 1.39 bits per heavy atom. The number of ether oxygens (including phenoxy) is 1. The number of aromatic nitrogens is 2. The van der Waals surface area contributed by atoms with Crippen LogP contribution in [-0.2, 0) is 0 Å². The molecule has 23 heavy (non-hydrogen) atoms. The number of thioether (sulfide) groups is 1. The maximum atomic E-state index is 12.4. The van der Waals surface area contributed by atoms with Gasteiger partial charge >= 0.3 is 0 Å². The third-order valence-corrected chi connectivity index (χ3v) is 4.00. The van der Waals surface area contributed by atoms with Crippen molar-refractivity contribution >= 4 is 29.3 Å². The molecule has 0 aliphatic rings. The van der Waals surface area contributed by atoms with Gasteiger partial charge in [0.1, 0.15) is 5.75 Å². The Morgan fingerprint density at radius 3 is 2.70 bits per heavy atom. The highest BCUT2D eigenvalue weighted by molar-refractivity contribution is 7.98. The highest BCUT2D eigenvalue weighted by atomic mass is 35.5. The van der Waals surface area contributed by atoms with Crippen LogP contribution in [0, 0.1) is 0 Å². The van der Waals surface area contributed by atoms with Gasteiger partial charge in [0.2, 0.25) is 0 Å². The van der Waals surface area contributed by atoms with Crippen LogP contribution in [0.5, 0.6) is 5.75 Å². The highest BCUT2D eigenvalue weighted by Gasteiger charge is 2.17. The zero-order valence-electron chi connectivity index (χ0n) is 13.2. The molecule has 5 nitrogen and oxygen atoms in total. The lowest BCUT2D eigenvalue weighted by molar-refractivity contribution is 0.0934. The first-order valence-electron chi connectivity index (χ1n) is 7.15. The van der Waals surface area contributed by atoms with E-state index in [1.807, 2.05) is 44.4 Å². The fraction of sp³-hybridized carbons (Fsp3) is 0.312. The van der Waals surface area contributed by atoms with Crippen LogP contribution >= 0.6 is 23.4 Å². The molecule has 2 aromatic rings. The molecule has 1 unspecified atom stereocenters. The normalized spacial score (nSPS) is 11.8. The Hall–Kier alpha value is -1.79. The predicted molar refractivity (Wildman–Crippen MR) is 92.3 cm³/mol. The second kappa shape index (κ2) is 8.17. The first-order valence-corrected chi connectivity index (χ1v) is 8.75. The molecular weight excluding hydrogens is 334 g/mol. The highest BCUT2D eigenvalue weighted by Crippen LogP contribution is 2.20. The summed E-state index contributed by atoms with van der Waals surface area (Å²) >= 11 is 7.38. The van der Waals surface area contributed by atoms with Gasteiger partial charge in [0, 0.05) is 0 Å². The topological polar surface area (TPSA) is 64.1 Å². The Bertz CT molecular complexity index is 680. The van der Waals surface area contributed by atoms with Crippen LogP contribution < -0.4 is 10.1 Å². The van der Waals surface area contributed by atoms with Crippen LogP contribution in [0.2, 0.25) is 5.02 Å². The van der Waals surface area contributed by atoms with Gasteiger partial charge in [-0.3, -0.25) is 4.79 Å². The SMILES string of the molecule is CCOc1ccc(C(C)NC(=O)c2nc(SC)ncc2Cl)cc1. The lowest BCUT2D eigenvalue weighted by atomic mass is 10.1. The predicted octanol–water partition coefficient (Wildman–Crippen LogP) is 3.74. The molecular formula is C16H18ClN3O2S. The third-order valence-electron chi connectivity index (χ3n) is 3.16. The minimum atomic E-state index is -0.325. The molecule has 2 rings (SSSR count). The number of nitrogens with zero attached hydrogens (tertiary/aromatic N) is 2. The third kappa shape index (κ3) is 4.59. The van der Waals surface area contributed by atoms with Crippen molar-refractivity contribution in [2.24, 2.45) is 0 Å². The van der Waals surface area contributed by atoms with Gasteiger partial charge in [0.25, 0.3) is 5.91 Å². The Morgan fingerprint density at radius 2 is 2.09 bits per heavy atom. The lowest BCUT2D eigenvalue weighted by Crippen LogP contribution is -2.28. The molecule has 0 radical (unpaired) electrons. The summed E-state index contributed by atoms with van der Waals surface area (Å²) in [6.45, 7) is 4.46. The molecule has 0 spiro atoms. The number of benzene rings is 1. The Balaban J connectivity index is 2.10. The van der Waals surface area contributed by atoms with Crippen LogP contribution in [0.25, 0.3) is 0 Å². The van der Waals surface area contributed by atoms with E-state index in [1.165, 1.54) is 18.0 Å². The van der Waals surface area contributed by atoms with E-state index in [9.17, 15) is 4.79 Å². The molecule has 0 saturated heterocycles. The van der Waals surface area contributed by atoms with Gasteiger partial charge in [-0.1, -0.05) is 35.5 Å². The van der Waals surface area contributed by atoms with E-state index in [4.69, 9.17) is 16.3 Å². The van der Waals surface area contributed by atoms with E-state index in [1.54, 1.807) is 0 Å². The van der Waals surface area contributed by atoms with Gasteiger partial charge in [-0.25, -0.2) is 9.97 Å². The molecule has 1 heterocycles. The van der Waals surface area contributed by atoms with Crippen LogP contribution in [0.1, 0.15) is 35.9 Å². The molecule has 1 aromatic heterocycles. The van der Waals surface area contributed by atoms with E-state index in [-0.39, 0.29) is 22.7 Å². The minimum absolute atomic E-state index is 0.179. The van der Waals surface area contributed by atoms with Gasteiger partial charge < -0.3 is 10.1 Å². The summed E-state index contributed by atoms with van der Waals surface area (Å²) in [5, 5.41) is 3.64. The minimum Gasteiger partial charge on any atom is -0.494 e. The van der Waals surface area contributed by atoms with E-state index in [0.717, 1.165) is 11.3 Å². The Labute approximate surface area is 144 Å². The maximum Gasteiger partial charge on any atom is 0.272 e. The summed E-state index contributed by atoms with van der Waals surface area (Å²) in [6.07, 6.45) is 3.28. The van der Waals surface area contributed by atoms with Gasteiger partial charge in [-0.2, -0.15) is 0 Å². The monoisotopic (exact) mass is 351 g/mol. The molecule has 122 valence electrons. The summed E-state index contributed by atoms with van der Waals surface area (Å²) in [5.41, 5.74) is 1.15.